The van der Waals surface area contributed by atoms with Gasteiger partial charge in [0.05, 0.1) is 0 Å². The first-order valence-electron chi connectivity index (χ1n) is 11.0. The van der Waals surface area contributed by atoms with Crippen LogP contribution < -0.4 is 3.58 Å². The molecule has 0 aliphatic rings. The van der Waals surface area contributed by atoms with Crippen LogP contribution >= 0.6 is 0 Å². The third kappa shape index (κ3) is 5.20. The average molecular weight is 533 g/mol. The van der Waals surface area contributed by atoms with Crippen LogP contribution in [0.5, 0.6) is 0 Å². The van der Waals surface area contributed by atoms with Crippen LogP contribution in [-0.4, -0.2) is 18.4 Å². The normalized spacial score (nSPS) is 11.9. The van der Waals surface area contributed by atoms with Crippen LogP contribution in [0.4, 0.5) is 22.0 Å². The standard InChI is InChI=1S/C12H4F5.3C4H9.Sn/c13-8-7(6-4-2-1-3-5-6)9(14)11(16)12(17)10(8)15;3*1-3-4-2;/h1-4H;3*1,3-4H2,2H3;. The second-order valence-electron chi connectivity index (χ2n) is 8.08. The summed E-state index contributed by atoms with van der Waals surface area (Å²) in [4.78, 5) is 0. The second kappa shape index (κ2) is 11.5. The molecule has 0 amide bonds. The first kappa shape index (κ1) is 25.2. The summed E-state index contributed by atoms with van der Waals surface area (Å²) >= 11 is -3.18. The molecule has 166 valence electrons. The molecule has 0 heterocycles. The number of benzene rings is 2. The molecule has 0 aromatic heterocycles. The monoisotopic (exact) mass is 534 g/mol. The fraction of sp³-hybridized carbons (Fsp3) is 0.500. The predicted molar refractivity (Wildman–Crippen MR) is 116 cm³/mol. The van der Waals surface area contributed by atoms with E-state index in [1.165, 1.54) is 6.07 Å². The fourth-order valence-electron chi connectivity index (χ4n) is 4.33. The SMILES string of the molecule is CCC[CH2][Sn]([CH2]CCC)([CH2]CCC)[c]1ccccc1-c1c(F)c(F)c(F)c(F)c1F. The maximum absolute atomic E-state index is 14.7. The van der Waals surface area contributed by atoms with Gasteiger partial charge in [0.1, 0.15) is 0 Å². The van der Waals surface area contributed by atoms with Crippen LogP contribution in [0.3, 0.4) is 0 Å². The summed E-state index contributed by atoms with van der Waals surface area (Å²) in [5.41, 5.74) is -0.572. The van der Waals surface area contributed by atoms with E-state index in [1.54, 1.807) is 6.07 Å². The Morgan fingerprint density at radius 3 is 1.43 bits per heavy atom. The van der Waals surface area contributed by atoms with Gasteiger partial charge in [-0.05, 0) is 0 Å². The summed E-state index contributed by atoms with van der Waals surface area (Å²) in [7, 11) is 0. The average Bonchev–Trinajstić information content (AvgIpc) is 2.77. The molecule has 0 saturated carbocycles. The molecule has 0 radical (unpaired) electrons. The Bertz CT molecular complexity index is 799. The Hall–Kier alpha value is -1.11. The Kier molecular flexibility index (Phi) is 9.63. The van der Waals surface area contributed by atoms with Gasteiger partial charge < -0.3 is 0 Å². The fourth-order valence-corrected chi connectivity index (χ4v) is 21.1. The van der Waals surface area contributed by atoms with Gasteiger partial charge >= 0.3 is 181 Å². The van der Waals surface area contributed by atoms with Crippen molar-refractivity contribution >= 4 is 22.0 Å². The van der Waals surface area contributed by atoms with Crippen molar-refractivity contribution in [2.45, 2.75) is 72.6 Å². The molecule has 0 atom stereocenters. The first-order chi connectivity index (χ1) is 14.3. The molecule has 0 aliphatic carbocycles. The molecule has 0 fully saturated rings. The van der Waals surface area contributed by atoms with Crippen molar-refractivity contribution in [2.24, 2.45) is 0 Å². The molecule has 0 aliphatic heterocycles. The molecule has 0 bridgehead atoms. The van der Waals surface area contributed by atoms with Crippen LogP contribution in [0.2, 0.25) is 13.3 Å². The van der Waals surface area contributed by atoms with Crippen molar-refractivity contribution in [3.63, 3.8) is 0 Å². The molecule has 2 aromatic carbocycles. The van der Waals surface area contributed by atoms with E-state index in [0.717, 1.165) is 55.4 Å². The van der Waals surface area contributed by atoms with E-state index in [9.17, 15) is 22.0 Å². The van der Waals surface area contributed by atoms with Gasteiger partial charge in [0.2, 0.25) is 0 Å². The summed E-state index contributed by atoms with van der Waals surface area (Å²) in [6.45, 7) is 6.35. The van der Waals surface area contributed by atoms with E-state index < -0.39 is 53.0 Å². The van der Waals surface area contributed by atoms with Gasteiger partial charge in [-0.1, -0.05) is 0 Å². The van der Waals surface area contributed by atoms with Gasteiger partial charge in [-0.15, -0.1) is 0 Å². The van der Waals surface area contributed by atoms with E-state index >= 15 is 0 Å². The molecule has 0 nitrogen and oxygen atoms in total. The Morgan fingerprint density at radius 2 is 1.00 bits per heavy atom. The van der Waals surface area contributed by atoms with Crippen LogP contribution in [0, 0.1) is 29.1 Å². The van der Waals surface area contributed by atoms with E-state index in [-0.39, 0.29) is 5.56 Å². The van der Waals surface area contributed by atoms with Crippen LogP contribution in [0.15, 0.2) is 24.3 Å². The zero-order chi connectivity index (χ0) is 22.3. The van der Waals surface area contributed by atoms with Crippen molar-refractivity contribution in [1.29, 1.82) is 0 Å². The molecular formula is C24H31F5Sn. The van der Waals surface area contributed by atoms with Crippen LogP contribution in [-0.2, 0) is 0 Å². The molecule has 0 N–H and O–H groups in total. The molecule has 0 unspecified atom stereocenters. The van der Waals surface area contributed by atoms with Gasteiger partial charge in [0.25, 0.3) is 0 Å². The Balaban J connectivity index is 2.78. The van der Waals surface area contributed by atoms with Crippen LogP contribution in [0.25, 0.3) is 11.1 Å². The number of halogens is 5. The third-order valence-corrected chi connectivity index (χ3v) is 21.7. The van der Waals surface area contributed by atoms with Gasteiger partial charge in [0, 0.05) is 0 Å². The second-order valence-corrected chi connectivity index (χ2v) is 21.2. The van der Waals surface area contributed by atoms with E-state index in [0.29, 0.717) is 0 Å². The van der Waals surface area contributed by atoms with E-state index in [1.807, 2.05) is 12.1 Å². The third-order valence-electron chi connectivity index (χ3n) is 6.00. The molecule has 2 rings (SSSR count). The molecule has 0 spiro atoms. The molecule has 0 saturated heterocycles. The quantitative estimate of drug-likeness (QED) is 0.119. The summed E-state index contributed by atoms with van der Waals surface area (Å²) in [5, 5.41) is 0. The maximum atomic E-state index is 14.7. The van der Waals surface area contributed by atoms with Crippen molar-refractivity contribution in [3.05, 3.63) is 53.4 Å². The number of hydrogen-bond acceptors (Lipinski definition) is 0. The zero-order valence-electron chi connectivity index (χ0n) is 18.1. The number of hydrogen-bond donors (Lipinski definition) is 0. The minimum absolute atomic E-state index is 0.199. The Morgan fingerprint density at radius 1 is 0.600 bits per heavy atom. The van der Waals surface area contributed by atoms with Gasteiger partial charge in [-0.25, -0.2) is 0 Å². The van der Waals surface area contributed by atoms with Crippen molar-refractivity contribution < 1.29 is 22.0 Å². The van der Waals surface area contributed by atoms with Gasteiger partial charge in [-0.2, -0.15) is 0 Å². The molecule has 6 heteroatoms. The minimum atomic E-state index is -3.18. The first-order valence-corrected chi connectivity index (χ1v) is 18.4. The summed E-state index contributed by atoms with van der Waals surface area (Å²) in [6, 6.07) is 6.88. The molecule has 30 heavy (non-hydrogen) atoms. The zero-order valence-corrected chi connectivity index (χ0v) is 20.9. The molecular weight excluding hydrogens is 502 g/mol. The summed E-state index contributed by atoms with van der Waals surface area (Å²) in [6.07, 6.45) is 6.11. The molecule has 2 aromatic rings. The van der Waals surface area contributed by atoms with Crippen molar-refractivity contribution in [2.75, 3.05) is 0 Å². The van der Waals surface area contributed by atoms with Crippen molar-refractivity contribution in [1.82, 2.24) is 0 Å². The topological polar surface area (TPSA) is 0 Å². The summed E-state index contributed by atoms with van der Waals surface area (Å²) in [5.74, 6) is -9.34. The number of unbranched alkanes of at least 4 members (excludes halogenated alkanes) is 3. The van der Waals surface area contributed by atoms with Crippen LogP contribution in [0.1, 0.15) is 59.3 Å². The summed E-state index contributed by atoms with van der Waals surface area (Å²) < 4.78 is 75.0. The van der Waals surface area contributed by atoms with E-state index in [2.05, 4.69) is 20.8 Å². The van der Waals surface area contributed by atoms with E-state index in [4.69, 9.17) is 0 Å². The predicted octanol–water partition coefficient (Wildman–Crippen LogP) is 8.11. The van der Waals surface area contributed by atoms with Gasteiger partial charge in [0.15, 0.2) is 0 Å². The Labute approximate surface area is 180 Å². The number of rotatable bonds is 11. The van der Waals surface area contributed by atoms with Gasteiger partial charge in [-0.3, -0.25) is 0 Å². The van der Waals surface area contributed by atoms with Crippen molar-refractivity contribution in [3.8, 4) is 11.1 Å².